The van der Waals surface area contributed by atoms with Crippen molar-refractivity contribution in [2.24, 2.45) is 11.8 Å². The lowest BCUT2D eigenvalue weighted by atomic mass is 9.94. The van der Waals surface area contributed by atoms with Crippen LogP contribution >= 0.6 is 0 Å². The van der Waals surface area contributed by atoms with Gasteiger partial charge in [-0.15, -0.1) is 0 Å². The average molecular weight is 247 g/mol. The lowest BCUT2D eigenvalue weighted by Gasteiger charge is -2.14. The highest BCUT2D eigenvalue weighted by Gasteiger charge is 2.17. The van der Waals surface area contributed by atoms with Crippen molar-refractivity contribution in [3.63, 3.8) is 0 Å². The fraction of sp³-hybridized carbons (Fsp3) is 0.818. The number of hydrogen-bond acceptors (Lipinski definition) is 4. The molecule has 1 amide bonds. The third-order valence-electron chi connectivity index (χ3n) is 2.46. The number of hydrogen-bond donors (Lipinski definition) is 4. The van der Waals surface area contributed by atoms with E-state index in [4.69, 9.17) is 15.3 Å². The summed E-state index contributed by atoms with van der Waals surface area (Å²) in [5.74, 6) is -1.62. The number of nitrogens with one attached hydrogen (secondary N) is 1. The Morgan fingerprint density at radius 2 is 1.88 bits per heavy atom. The van der Waals surface area contributed by atoms with Crippen LogP contribution in [0.25, 0.3) is 0 Å². The summed E-state index contributed by atoms with van der Waals surface area (Å²) in [5.41, 5.74) is 0. The number of aliphatic carboxylic acids is 1. The van der Waals surface area contributed by atoms with Gasteiger partial charge >= 0.3 is 5.97 Å². The molecule has 0 bridgehead atoms. The first-order valence-corrected chi connectivity index (χ1v) is 5.65. The monoisotopic (exact) mass is 247 g/mol. The van der Waals surface area contributed by atoms with Crippen LogP contribution in [-0.4, -0.2) is 46.5 Å². The van der Waals surface area contributed by atoms with Crippen molar-refractivity contribution in [1.82, 2.24) is 5.32 Å². The second kappa shape index (κ2) is 8.03. The summed E-state index contributed by atoms with van der Waals surface area (Å²) in [6.07, 6.45) is -0.298. The standard InChI is InChI=1S/C11H21NO5/c1-7(3-8(2)11(16)17)4-10(15)12-5-9(14)6-13/h7-9,13-14H,3-6H2,1-2H3,(H,12,15)(H,16,17). The van der Waals surface area contributed by atoms with Gasteiger partial charge in [-0.2, -0.15) is 0 Å². The van der Waals surface area contributed by atoms with Gasteiger partial charge < -0.3 is 20.6 Å². The third-order valence-corrected chi connectivity index (χ3v) is 2.46. The zero-order chi connectivity index (χ0) is 13.4. The Kier molecular flexibility index (Phi) is 7.49. The van der Waals surface area contributed by atoms with Gasteiger partial charge in [0.25, 0.3) is 0 Å². The molecular formula is C11H21NO5. The van der Waals surface area contributed by atoms with E-state index in [-0.39, 0.29) is 24.8 Å². The first-order chi connectivity index (χ1) is 7.86. The number of carboxylic acid groups (broad SMARTS) is 1. The highest BCUT2D eigenvalue weighted by atomic mass is 16.4. The summed E-state index contributed by atoms with van der Waals surface area (Å²) in [5, 5.41) is 28.7. The van der Waals surface area contributed by atoms with Crippen molar-refractivity contribution in [1.29, 1.82) is 0 Å². The van der Waals surface area contributed by atoms with E-state index in [9.17, 15) is 9.59 Å². The summed E-state index contributed by atoms with van der Waals surface area (Å²) in [4.78, 5) is 22.0. The second-order valence-corrected chi connectivity index (χ2v) is 4.42. The second-order valence-electron chi connectivity index (χ2n) is 4.42. The van der Waals surface area contributed by atoms with Crippen molar-refractivity contribution in [3.8, 4) is 0 Å². The molecule has 100 valence electrons. The maximum atomic E-state index is 11.4. The van der Waals surface area contributed by atoms with Crippen molar-refractivity contribution < 1.29 is 24.9 Å². The van der Waals surface area contributed by atoms with Gasteiger partial charge in [0, 0.05) is 13.0 Å². The van der Waals surface area contributed by atoms with Gasteiger partial charge in [-0.1, -0.05) is 13.8 Å². The van der Waals surface area contributed by atoms with Crippen LogP contribution in [0, 0.1) is 11.8 Å². The van der Waals surface area contributed by atoms with Crippen molar-refractivity contribution in [2.75, 3.05) is 13.2 Å². The van der Waals surface area contributed by atoms with Crippen molar-refractivity contribution in [3.05, 3.63) is 0 Å². The maximum Gasteiger partial charge on any atom is 0.306 e. The molecule has 0 aliphatic carbocycles. The molecule has 0 radical (unpaired) electrons. The Labute approximate surface area is 101 Å². The van der Waals surface area contributed by atoms with Crippen molar-refractivity contribution >= 4 is 11.9 Å². The predicted molar refractivity (Wildman–Crippen MR) is 61.3 cm³/mol. The molecule has 0 aromatic rings. The summed E-state index contributed by atoms with van der Waals surface area (Å²) >= 11 is 0. The van der Waals surface area contributed by atoms with Gasteiger partial charge in [0.05, 0.1) is 18.6 Å². The lowest BCUT2D eigenvalue weighted by molar-refractivity contribution is -0.142. The number of rotatable bonds is 8. The molecule has 3 unspecified atom stereocenters. The van der Waals surface area contributed by atoms with E-state index in [0.717, 1.165) is 0 Å². The zero-order valence-corrected chi connectivity index (χ0v) is 10.2. The quantitative estimate of drug-likeness (QED) is 0.466. The smallest absolute Gasteiger partial charge is 0.306 e. The Balaban J connectivity index is 3.84. The van der Waals surface area contributed by atoms with E-state index in [1.165, 1.54) is 0 Å². The van der Waals surface area contributed by atoms with Gasteiger partial charge in [-0.3, -0.25) is 9.59 Å². The molecular weight excluding hydrogens is 226 g/mol. The van der Waals surface area contributed by atoms with E-state index in [2.05, 4.69) is 5.32 Å². The van der Waals surface area contributed by atoms with Crippen LogP contribution in [0.3, 0.4) is 0 Å². The van der Waals surface area contributed by atoms with Crippen LogP contribution in [0.15, 0.2) is 0 Å². The van der Waals surface area contributed by atoms with Gasteiger partial charge in [0.1, 0.15) is 0 Å². The van der Waals surface area contributed by atoms with Crippen LogP contribution in [0.1, 0.15) is 26.7 Å². The van der Waals surface area contributed by atoms with Crippen LogP contribution in [0.5, 0.6) is 0 Å². The minimum absolute atomic E-state index is 0.0105. The molecule has 0 saturated carbocycles. The van der Waals surface area contributed by atoms with Gasteiger partial charge in [-0.05, 0) is 12.3 Å². The number of carbonyl (C=O) groups excluding carboxylic acids is 1. The first-order valence-electron chi connectivity index (χ1n) is 5.65. The number of carbonyl (C=O) groups is 2. The summed E-state index contributed by atoms with van der Waals surface area (Å²) in [7, 11) is 0. The molecule has 6 heteroatoms. The van der Waals surface area contributed by atoms with Crippen LogP contribution in [-0.2, 0) is 9.59 Å². The molecule has 0 heterocycles. The largest absolute Gasteiger partial charge is 0.481 e. The molecule has 0 aromatic carbocycles. The molecule has 0 saturated heterocycles. The third kappa shape index (κ3) is 7.70. The Morgan fingerprint density at radius 1 is 1.29 bits per heavy atom. The molecule has 4 N–H and O–H groups in total. The topological polar surface area (TPSA) is 107 Å². The first kappa shape index (κ1) is 15.9. The highest BCUT2D eigenvalue weighted by molar-refractivity contribution is 5.76. The Morgan fingerprint density at radius 3 is 2.35 bits per heavy atom. The fourth-order valence-corrected chi connectivity index (χ4v) is 1.47. The minimum Gasteiger partial charge on any atom is -0.481 e. The Bertz CT molecular complexity index is 256. The molecule has 0 aliphatic heterocycles. The fourth-order valence-electron chi connectivity index (χ4n) is 1.47. The van der Waals surface area contributed by atoms with E-state index < -0.39 is 24.6 Å². The molecule has 0 aliphatic rings. The summed E-state index contributed by atoms with van der Waals surface area (Å²) < 4.78 is 0. The van der Waals surface area contributed by atoms with Crippen LogP contribution in [0.4, 0.5) is 0 Å². The van der Waals surface area contributed by atoms with Gasteiger partial charge in [0.15, 0.2) is 0 Å². The number of aliphatic hydroxyl groups is 2. The molecule has 0 aromatic heterocycles. The summed E-state index contributed by atoms with van der Waals surface area (Å²) in [6.45, 7) is 3.02. The number of aliphatic hydroxyl groups excluding tert-OH is 2. The molecule has 6 nitrogen and oxygen atoms in total. The summed E-state index contributed by atoms with van der Waals surface area (Å²) in [6, 6.07) is 0. The Hall–Kier alpha value is -1.14. The molecule has 17 heavy (non-hydrogen) atoms. The van der Waals surface area contributed by atoms with Crippen LogP contribution in [0.2, 0.25) is 0 Å². The predicted octanol–water partition coefficient (Wildman–Crippen LogP) is -0.407. The van der Waals surface area contributed by atoms with E-state index in [1.54, 1.807) is 6.92 Å². The normalized spacial score (nSPS) is 16.0. The molecule has 0 rings (SSSR count). The number of carboxylic acids is 1. The average Bonchev–Trinajstić information content (AvgIpc) is 2.25. The van der Waals surface area contributed by atoms with E-state index in [1.807, 2.05) is 6.92 Å². The van der Waals surface area contributed by atoms with Gasteiger partial charge in [0.2, 0.25) is 5.91 Å². The van der Waals surface area contributed by atoms with Gasteiger partial charge in [-0.25, -0.2) is 0 Å². The lowest BCUT2D eigenvalue weighted by Crippen LogP contribution is -2.34. The van der Waals surface area contributed by atoms with E-state index >= 15 is 0 Å². The molecule has 0 fully saturated rings. The maximum absolute atomic E-state index is 11.4. The number of amides is 1. The molecule has 0 spiro atoms. The van der Waals surface area contributed by atoms with E-state index in [0.29, 0.717) is 6.42 Å². The van der Waals surface area contributed by atoms with Crippen molar-refractivity contribution in [2.45, 2.75) is 32.8 Å². The zero-order valence-electron chi connectivity index (χ0n) is 10.2. The molecule has 3 atom stereocenters. The SMILES string of the molecule is CC(CC(=O)NCC(O)CO)CC(C)C(=O)O. The minimum atomic E-state index is -0.952. The highest BCUT2D eigenvalue weighted by Crippen LogP contribution is 2.15. The van der Waals surface area contributed by atoms with Crippen LogP contribution < -0.4 is 5.32 Å².